The van der Waals surface area contributed by atoms with E-state index in [2.05, 4.69) is 75.4 Å². The zero-order valence-corrected chi connectivity index (χ0v) is 23.8. The highest BCUT2D eigenvalue weighted by Gasteiger charge is 2.37. The van der Waals surface area contributed by atoms with Gasteiger partial charge < -0.3 is 19.7 Å². The Kier molecular flexibility index (Phi) is 10.7. The van der Waals surface area contributed by atoms with Crippen LogP contribution in [0.4, 0.5) is 5.69 Å². The van der Waals surface area contributed by atoms with Gasteiger partial charge in [0.15, 0.2) is 0 Å². The Morgan fingerprint density at radius 1 is 1.05 bits per heavy atom. The smallest absolute Gasteiger partial charge is 0.262 e. The van der Waals surface area contributed by atoms with Gasteiger partial charge in [-0.1, -0.05) is 52.5 Å². The summed E-state index contributed by atoms with van der Waals surface area (Å²) in [5.41, 5.74) is 4.93. The van der Waals surface area contributed by atoms with Crippen LogP contribution in [-0.2, 0) is 19.7 Å². The molecule has 1 aromatic carbocycles. The standard InChI is InChI=1S/C30H41N3O3S/c1-6-7-8-9-10-14-35-16-17-36-15-13-32-29(34)22(21-31)18-24-20-27-28(37-24)25-12-11-23(33(4)5)19-26(25)30(27,2)3/h11-12,18-20H,6-10,13-17H2,1-5H3,(H,32,34)/b22-18+. The molecule has 2 aromatic rings. The molecule has 3 rings (SSSR count). The fraction of sp³-hybridized carbons (Fsp3) is 0.533. The van der Waals surface area contributed by atoms with Crippen molar-refractivity contribution in [1.82, 2.24) is 5.32 Å². The lowest BCUT2D eigenvalue weighted by atomic mass is 9.82. The molecule has 0 saturated carbocycles. The maximum Gasteiger partial charge on any atom is 0.262 e. The van der Waals surface area contributed by atoms with Crippen LogP contribution in [-0.4, -0.2) is 53.0 Å². The third-order valence-corrected chi connectivity index (χ3v) is 7.93. The van der Waals surface area contributed by atoms with Gasteiger partial charge in [0.1, 0.15) is 11.6 Å². The highest BCUT2D eigenvalue weighted by Crippen LogP contribution is 2.53. The number of carbonyl (C=O) groups is 1. The zero-order chi connectivity index (χ0) is 26.8. The molecule has 7 heteroatoms. The number of rotatable bonds is 15. The first-order valence-corrected chi connectivity index (χ1v) is 14.1. The highest BCUT2D eigenvalue weighted by atomic mass is 32.1. The lowest BCUT2D eigenvalue weighted by molar-refractivity contribution is -0.117. The minimum Gasteiger partial charge on any atom is -0.379 e. The summed E-state index contributed by atoms with van der Waals surface area (Å²) in [5, 5.41) is 12.4. The molecule has 0 radical (unpaired) electrons. The van der Waals surface area contributed by atoms with Gasteiger partial charge in [-0.05, 0) is 47.4 Å². The van der Waals surface area contributed by atoms with Crippen LogP contribution >= 0.6 is 11.3 Å². The Bertz CT molecular complexity index is 1130. The maximum absolute atomic E-state index is 12.6. The monoisotopic (exact) mass is 523 g/mol. The molecule has 0 unspecified atom stereocenters. The summed E-state index contributed by atoms with van der Waals surface area (Å²) in [4.78, 5) is 16.8. The summed E-state index contributed by atoms with van der Waals surface area (Å²) in [7, 11) is 4.10. The summed E-state index contributed by atoms with van der Waals surface area (Å²) in [6.07, 6.45) is 7.81. The van der Waals surface area contributed by atoms with Gasteiger partial charge in [-0.3, -0.25) is 4.79 Å². The van der Waals surface area contributed by atoms with Gasteiger partial charge in [-0.15, -0.1) is 11.3 Å². The van der Waals surface area contributed by atoms with Crippen molar-refractivity contribution in [1.29, 1.82) is 5.26 Å². The molecule has 0 atom stereocenters. The molecule has 1 amide bonds. The van der Waals surface area contributed by atoms with Crippen molar-refractivity contribution < 1.29 is 14.3 Å². The largest absolute Gasteiger partial charge is 0.379 e. The van der Waals surface area contributed by atoms with E-state index in [9.17, 15) is 10.1 Å². The first-order chi connectivity index (χ1) is 17.8. The second-order valence-corrected chi connectivity index (χ2v) is 11.3. The first-order valence-electron chi connectivity index (χ1n) is 13.3. The van der Waals surface area contributed by atoms with Crippen molar-refractivity contribution in [2.45, 2.75) is 58.3 Å². The van der Waals surface area contributed by atoms with E-state index in [1.807, 2.05) is 0 Å². The molecule has 1 heterocycles. The third kappa shape index (κ3) is 7.44. The van der Waals surface area contributed by atoms with Crippen molar-refractivity contribution in [3.63, 3.8) is 0 Å². The van der Waals surface area contributed by atoms with Gasteiger partial charge in [-0.25, -0.2) is 0 Å². The van der Waals surface area contributed by atoms with Crippen LogP contribution in [0.1, 0.15) is 68.9 Å². The fourth-order valence-electron chi connectivity index (χ4n) is 4.57. The summed E-state index contributed by atoms with van der Waals surface area (Å²) in [6.45, 7) is 9.24. The molecule has 1 aliphatic rings. The summed E-state index contributed by atoms with van der Waals surface area (Å²) in [5.74, 6) is -0.377. The lowest BCUT2D eigenvalue weighted by Crippen LogP contribution is -2.28. The molecule has 0 fully saturated rings. The van der Waals surface area contributed by atoms with Crippen molar-refractivity contribution in [3.05, 3.63) is 45.8 Å². The van der Waals surface area contributed by atoms with E-state index < -0.39 is 0 Å². The first kappa shape index (κ1) is 28.9. The second-order valence-electron chi connectivity index (χ2n) is 10.2. The van der Waals surface area contributed by atoms with Gasteiger partial charge in [-0.2, -0.15) is 5.26 Å². The van der Waals surface area contributed by atoms with E-state index in [1.54, 1.807) is 17.4 Å². The quantitative estimate of drug-likeness (QED) is 0.172. The molecule has 1 aliphatic carbocycles. The van der Waals surface area contributed by atoms with Crippen LogP contribution in [0.15, 0.2) is 29.8 Å². The molecule has 0 aliphatic heterocycles. The number of nitriles is 1. The van der Waals surface area contributed by atoms with Crippen molar-refractivity contribution >= 4 is 29.0 Å². The number of fused-ring (bicyclic) bond motifs is 3. The molecular weight excluding hydrogens is 482 g/mol. The SMILES string of the molecule is CCCCCCCOCCOCCNC(=O)/C(C#N)=C/c1cc2c(s1)-c1ccc(N(C)C)cc1C2(C)C. The van der Waals surface area contributed by atoms with Crippen LogP contribution in [0, 0.1) is 11.3 Å². The highest BCUT2D eigenvalue weighted by molar-refractivity contribution is 7.16. The average Bonchev–Trinajstić information content (AvgIpc) is 3.39. The molecule has 0 saturated heterocycles. The van der Waals surface area contributed by atoms with Gasteiger partial charge in [0, 0.05) is 48.1 Å². The summed E-state index contributed by atoms with van der Waals surface area (Å²) < 4.78 is 11.1. The molecule has 0 spiro atoms. The summed E-state index contributed by atoms with van der Waals surface area (Å²) in [6, 6.07) is 10.7. The van der Waals surface area contributed by atoms with Crippen LogP contribution in [0.2, 0.25) is 0 Å². The Labute approximate surface area is 226 Å². The minimum absolute atomic E-state index is 0.104. The number of thiophene rings is 1. The van der Waals surface area contributed by atoms with Crippen LogP contribution in [0.25, 0.3) is 16.5 Å². The second kappa shape index (κ2) is 13.8. The van der Waals surface area contributed by atoms with E-state index >= 15 is 0 Å². The number of hydrogen-bond donors (Lipinski definition) is 1. The van der Waals surface area contributed by atoms with Crippen molar-refractivity contribution in [2.75, 3.05) is 52.0 Å². The molecule has 37 heavy (non-hydrogen) atoms. The van der Waals surface area contributed by atoms with E-state index in [-0.39, 0.29) is 16.9 Å². The minimum atomic E-state index is -0.377. The molecular formula is C30H41N3O3S. The number of nitrogens with zero attached hydrogens (tertiary/aromatic N) is 2. The molecule has 6 nitrogen and oxygen atoms in total. The number of ether oxygens (including phenoxy) is 2. The zero-order valence-electron chi connectivity index (χ0n) is 23.0. The Morgan fingerprint density at radius 2 is 1.78 bits per heavy atom. The van der Waals surface area contributed by atoms with Crippen molar-refractivity contribution in [3.8, 4) is 16.5 Å². The van der Waals surface area contributed by atoms with Crippen LogP contribution in [0.3, 0.4) is 0 Å². The normalized spacial score (nSPS) is 13.7. The Balaban J connectivity index is 1.48. The molecule has 0 bridgehead atoms. The number of amides is 1. The van der Waals surface area contributed by atoms with E-state index in [0.717, 1.165) is 17.9 Å². The number of benzene rings is 1. The third-order valence-electron chi connectivity index (χ3n) is 6.81. The molecule has 1 N–H and O–H groups in total. The van der Waals surface area contributed by atoms with Crippen molar-refractivity contribution in [2.24, 2.45) is 0 Å². The number of unbranched alkanes of at least 4 members (excludes halogenated alkanes) is 4. The number of anilines is 1. The van der Waals surface area contributed by atoms with E-state index in [4.69, 9.17) is 9.47 Å². The average molecular weight is 524 g/mol. The molecule has 200 valence electrons. The van der Waals surface area contributed by atoms with Gasteiger partial charge in [0.05, 0.1) is 19.8 Å². The van der Waals surface area contributed by atoms with Crippen LogP contribution in [0.5, 0.6) is 0 Å². The predicted molar refractivity (Wildman–Crippen MR) is 153 cm³/mol. The lowest BCUT2D eigenvalue weighted by Gasteiger charge is -2.22. The Hall–Kier alpha value is -2.66. The molecule has 1 aromatic heterocycles. The number of carbonyl (C=O) groups excluding carboxylic acids is 1. The van der Waals surface area contributed by atoms with Gasteiger partial charge in [0.2, 0.25) is 0 Å². The van der Waals surface area contributed by atoms with E-state index in [1.165, 1.54) is 52.9 Å². The maximum atomic E-state index is 12.6. The van der Waals surface area contributed by atoms with E-state index in [0.29, 0.717) is 26.4 Å². The number of nitrogens with one attached hydrogen (secondary N) is 1. The summed E-state index contributed by atoms with van der Waals surface area (Å²) >= 11 is 1.63. The van der Waals surface area contributed by atoms with Gasteiger partial charge >= 0.3 is 0 Å². The predicted octanol–water partition coefficient (Wildman–Crippen LogP) is 6.15. The van der Waals surface area contributed by atoms with Gasteiger partial charge in [0.25, 0.3) is 5.91 Å². The topological polar surface area (TPSA) is 74.6 Å². The van der Waals surface area contributed by atoms with Crippen LogP contribution < -0.4 is 10.2 Å². The Morgan fingerprint density at radius 3 is 2.49 bits per heavy atom. The number of hydrogen-bond acceptors (Lipinski definition) is 6. The fourth-order valence-corrected chi connectivity index (χ4v) is 5.87.